The molecule has 0 bridgehead atoms. The van der Waals surface area contributed by atoms with Crippen LogP contribution in [-0.4, -0.2) is 37.3 Å². The van der Waals surface area contributed by atoms with Crippen LogP contribution < -0.4 is 10.1 Å². The summed E-state index contributed by atoms with van der Waals surface area (Å²) in [6.07, 6.45) is 1.33. The Morgan fingerprint density at radius 3 is 2.52 bits per heavy atom. The summed E-state index contributed by atoms with van der Waals surface area (Å²) < 4.78 is 16.5. The van der Waals surface area contributed by atoms with Crippen LogP contribution in [0, 0.1) is 6.92 Å². The summed E-state index contributed by atoms with van der Waals surface area (Å²) in [5, 5.41) is 2.78. The lowest BCUT2D eigenvalue weighted by molar-refractivity contribution is -0.129. The van der Waals surface area contributed by atoms with Crippen molar-refractivity contribution in [2.24, 2.45) is 0 Å². The highest BCUT2D eigenvalue weighted by Gasteiger charge is 2.19. The van der Waals surface area contributed by atoms with Crippen molar-refractivity contribution in [3.05, 3.63) is 65.2 Å². The molecule has 154 valence electrons. The van der Waals surface area contributed by atoms with Crippen LogP contribution in [0.15, 0.2) is 48.5 Å². The zero-order valence-corrected chi connectivity index (χ0v) is 16.9. The number of benzene rings is 2. The molecule has 29 heavy (non-hydrogen) atoms. The van der Waals surface area contributed by atoms with Gasteiger partial charge in [-0.3, -0.25) is 4.79 Å². The number of amides is 1. The summed E-state index contributed by atoms with van der Waals surface area (Å²) in [5.74, 6) is -0.218. The number of hydrogen-bond donors (Lipinski definition) is 1. The lowest BCUT2D eigenvalue weighted by Crippen LogP contribution is -2.35. The van der Waals surface area contributed by atoms with E-state index in [1.54, 1.807) is 31.2 Å². The van der Waals surface area contributed by atoms with Crippen LogP contribution in [0.2, 0.25) is 0 Å². The van der Waals surface area contributed by atoms with Gasteiger partial charge >= 0.3 is 5.97 Å². The summed E-state index contributed by atoms with van der Waals surface area (Å²) in [4.78, 5) is 24.5. The molecule has 0 radical (unpaired) electrons. The molecule has 2 aromatic carbocycles. The van der Waals surface area contributed by atoms with Gasteiger partial charge in [-0.05, 0) is 56.5 Å². The molecule has 2 aromatic rings. The molecule has 1 amide bonds. The third kappa shape index (κ3) is 6.32. The van der Waals surface area contributed by atoms with E-state index in [1.807, 2.05) is 31.2 Å². The fourth-order valence-corrected chi connectivity index (χ4v) is 2.97. The molecule has 0 saturated carbocycles. The first-order valence-corrected chi connectivity index (χ1v) is 9.90. The summed E-state index contributed by atoms with van der Waals surface area (Å²) >= 11 is 0. The number of carbonyl (C=O) groups is 2. The maximum atomic E-state index is 12.3. The van der Waals surface area contributed by atoms with Gasteiger partial charge in [-0.2, -0.15) is 0 Å². The van der Waals surface area contributed by atoms with E-state index in [0.29, 0.717) is 24.5 Å². The smallest absolute Gasteiger partial charge is 0.338 e. The van der Waals surface area contributed by atoms with Gasteiger partial charge in [0.1, 0.15) is 12.4 Å². The SMILES string of the molecule is Cc1ccc(CNC(=O)[C@@H](C)OC(=O)c2ccc(OC[C@H]3CCCO3)cc2)cc1. The lowest BCUT2D eigenvalue weighted by atomic mass is 10.1. The minimum Gasteiger partial charge on any atom is -0.491 e. The molecule has 1 heterocycles. The van der Waals surface area contributed by atoms with Crippen molar-refractivity contribution < 1.29 is 23.8 Å². The number of esters is 1. The Balaban J connectivity index is 1.44. The van der Waals surface area contributed by atoms with Crippen LogP contribution in [0.1, 0.15) is 41.3 Å². The molecule has 0 aliphatic carbocycles. The van der Waals surface area contributed by atoms with Gasteiger partial charge < -0.3 is 19.5 Å². The van der Waals surface area contributed by atoms with Crippen LogP contribution in [0.3, 0.4) is 0 Å². The van der Waals surface area contributed by atoms with Crippen LogP contribution in [0.5, 0.6) is 5.75 Å². The molecule has 2 atom stereocenters. The first-order chi connectivity index (χ1) is 14.0. The van der Waals surface area contributed by atoms with E-state index in [-0.39, 0.29) is 12.0 Å². The van der Waals surface area contributed by atoms with Crippen LogP contribution in [0.4, 0.5) is 0 Å². The van der Waals surface area contributed by atoms with Gasteiger partial charge in [-0.15, -0.1) is 0 Å². The van der Waals surface area contributed by atoms with Crippen molar-refractivity contribution in [2.45, 2.75) is 45.4 Å². The number of nitrogens with one attached hydrogen (secondary N) is 1. The molecule has 1 saturated heterocycles. The molecule has 0 unspecified atom stereocenters. The van der Waals surface area contributed by atoms with Gasteiger partial charge in [0, 0.05) is 13.2 Å². The van der Waals surface area contributed by atoms with Crippen molar-refractivity contribution in [1.82, 2.24) is 5.32 Å². The van der Waals surface area contributed by atoms with E-state index in [1.165, 1.54) is 0 Å². The van der Waals surface area contributed by atoms with E-state index in [4.69, 9.17) is 14.2 Å². The highest BCUT2D eigenvalue weighted by atomic mass is 16.5. The molecule has 3 rings (SSSR count). The molecule has 1 aliphatic rings. The van der Waals surface area contributed by atoms with E-state index in [2.05, 4.69) is 5.32 Å². The first kappa shape index (κ1) is 20.9. The predicted molar refractivity (Wildman–Crippen MR) is 109 cm³/mol. The maximum Gasteiger partial charge on any atom is 0.338 e. The zero-order chi connectivity index (χ0) is 20.6. The Hall–Kier alpha value is -2.86. The molecule has 6 nitrogen and oxygen atoms in total. The molecular formula is C23H27NO5. The summed E-state index contributed by atoms with van der Waals surface area (Å²) in [5.41, 5.74) is 2.51. The van der Waals surface area contributed by atoms with Gasteiger partial charge in [-0.25, -0.2) is 4.79 Å². The van der Waals surface area contributed by atoms with Crippen molar-refractivity contribution in [1.29, 1.82) is 0 Å². The standard InChI is InChI=1S/C23H27NO5/c1-16-5-7-18(8-6-16)14-24-22(25)17(2)29-23(26)19-9-11-20(12-10-19)28-15-21-4-3-13-27-21/h5-12,17,21H,3-4,13-15H2,1-2H3,(H,24,25)/t17-,21-/m1/s1. The molecular weight excluding hydrogens is 370 g/mol. The van der Waals surface area contributed by atoms with Crippen LogP contribution in [0.25, 0.3) is 0 Å². The van der Waals surface area contributed by atoms with Gasteiger partial charge in [0.2, 0.25) is 0 Å². The average molecular weight is 397 g/mol. The molecule has 1 fully saturated rings. The zero-order valence-electron chi connectivity index (χ0n) is 16.9. The summed E-state index contributed by atoms with van der Waals surface area (Å²) in [6.45, 7) is 5.24. The minimum atomic E-state index is -0.886. The van der Waals surface area contributed by atoms with Crippen LogP contribution >= 0.6 is 0 Å². The van der Waals surface area contributed by atoms with E-state index >= 15 is 0 Å². The normalized spacial score (nSPS) is 16.8. The van der Waals surface area contributed by atoms with E-state index in [9.17, 15) is 9.59 Å². The number of rotatable bonds is 8. The number of ether oxygens (including phenoxy) is 3. The molecule has 1 aliphatic heterocycles. The maximum absolute atomic E-state index is 12.3. The van der Waals surface area contributed by atoms with E-state index < -0.39 is 12.1 Å². The Morgan fingerprint density at radius 2 is 1.86 bits per heavy atom. The number of aryl methyl sites for hydroxylation is 1. The Bertz CT molecular complexity index is 810. The third-order valence-electron chi connectivity index (χ3n) is 4.79. The second-order valence-corrected chi connectivity index (χ2v) is 7.22. The molecule has 1 N–H and O–H groups in total. The third-order valence-corrected chi connectivity index (χ3v) is 4.79. The van der Waals surface area contributed by atoms with Gasteiger partial charge in [0.25, 0.3) is 5.91 Å². The predicted octanol–water partition coefficient (Wildman–Crippen LogP) is 3.41. The van der Waals surface area contributed by atoms with Gasteiger partial charge in [0.05, 0.1) is 11.7 Å². The fraction of sp³-hybridized carbons (Fsp3) is 0.391. The van der Waals surface area contributed by atoms with Crippen molar-refractivity contribution >= 4 is 11.9 Å². The van der Waals surface area contributed by atoms with Crippen LogP contribution in [-0.2, 0) is 20.8 Å². The second-order valence-electron chi connectivity index (χ2n) is 7.22. The van der Waals surface area contributed by atoms with E-state index in [0.717, 1.165) is 30.6 Å². The lowest BCUT2D eigenvalue weighted by Gasteiger charge is -2.14. The van der Waals surface area contributed by atoms with Crippen molar-refractivity contribution in [3.63, 3.8) is 0 Å². The average Bonchev–Trinajstić information content (AvgIpc) is 3.25. The van der Waals surface area contributed by atoms with Crippen molar-refractivity contribution in [2.75, 3.05) is 13.2 Å². The van der Waals surface area contributed by atoms with Gasteiger partial charge in [0.15, 0.2) is 6.10 Å². The first-order valence-electron chi connectivity index (χ1n) is 9.90. The molecule has 6 heteroatoms. The minimum absolute atomic E-state index is 0.138. The highest BCUT2D eigenvalue weighted by Crippen LogP contribution is 2.17. The Labute approximate surface area is 171 Å². The summed E-state index contributed by atoms with van der Waals surface area (Å²) in [6, 6.07) is 14.6. The number of carbonyl (C=O) groups excluding carboxylic acids is 2. The quantitative estimate of drug-likeness (QED) is 0.691. The molecule has 0 spiro atoms. The molecule has 0 aromatic heterocycles. The van der Waals surface area contributed by atoms with Crippen molar-refractivity contribution in [3.8, 4) is 5.75 Å². The Morgan fingerprint density at radius 1 is 1.14 bits per heavy atom. The second kappa shape index (κ2) is 10.1. The largest absolute Gasteiger partial charge is 0.491 e. The summed E-state index contributed by atoms with van der Waals surface area (Å²) in [7, 11) is 0. The Kier molecular flexibility index (Phi) is 7.25. The topological polar surface area (TPSA) is 73.9 Å². The fourth-order valence-electron chi connectivity index (χ4n) is 2.97. The number of hydrogen-bond acceptors (Lipinski definition) is 5. The van der Waals surface area contributed by atoms with Gasteiger partial charge in [-0.1, -0.05) is 29.8 Å². The monoisotopic (exact) mass is 397 g/mol. The highest BCUT2D eigenvalue weighted by molar-refractivity contribution is 5.92.